The standard InChI is InChI=1S/C16H17BrClFN2/c1-2-6-21-15(8-11-7-12(17)10-20-9-11)13-4-3-5-14(18)16(13)19/h3-5,7,9-10,15,21H,2,6,8H2,1H3. The van der Waals surface area contributed by atoms with E-state index in [4.69, 9.17) is 11.6 Å². The molecule has 0 fully saturated rings. The molecule has 0 saturated carbocycles. The summed E-state index contributed by atoms with van der Waals surface area (Å²) in [6, 6.07) is 6.99. The van der Waals surface area contributed by atoms with Crippen molar-refractivity contribution in [1.82, 2.24) is 10.3 Å². The molecule has 1 aromatic heterocycles. The summed E-state index contributed by atoms with van der Waals surface area (Å²) in [5, 5.41) is 3.54. The Morgan fingerprint density at radius 2 is 2.19 bits per heavy atom. The lowest BCUT2D eigenvalue weighted by molar-refractivity contribution is 0.497. The van der Waals surface area contributed by atoms with Crippen LogP contribution in [0.2, 0.25) is 5.02 Å². The molecule has 2 rings (SSSR count). The van der Waals surface area contributed by atoms with Crippen LogP contribution in [0.1, 0.15) is 30.5 Å². The zero-order chi connectivity index (χ0) is 15.2. The lowest BCUT2D eigenvalue weighted by Gasteiger charge is -2.20. The van der Waals surface area contributed by atoms with Gasteiger partial charge in [-0.1, -0.05) is 30.7 Å². The highest BCUT2D eigenvalue weighted by molar-refractivity contribution is 9.10. The number of hydrogen-bond donors (Lipinski definition) is 1. The van der Waals surface area contributed by atoms with E-state index in [9.17, 15) is 4.39 Å². The maximum atomic E-state index is 14.3. The normalized spacial score (nSPS) is 12.4. The van der Waals surface area contributed by atoms with Crippen LogP contribution < -0.4 is 5.32 Å². The second-order valence-electron chi connectivity index (χ2n) is 4.87. The number of pyridine rings is 1. The molecular formula is C16H17BrClFN2. The molecule has 2 aromatic rings. The number of nitrogens with zero attached hydrogens (tertiary/aromatic N) is 1. The Morgan fingerprint density at radius 3 is 2.90 bits per heavy atom. The van der Waals surface area contributed by atoms with Gasteiger partial charge in [-0.3, -0.25) is 4.98 Å². The lowest BCUT2D eigenvalue weighted by Crippen LogP contribution is -2.25. The first kappa shape index (κ1) is 16.4. The van der Waals surface area contributed by atoms with Gasteiger partial charge in [-0.2, -0.15) is 0 Å². The highest BCUT2D eigenvalue weighted by Gasteiger charge is 2.17. The number of halogens is 3. The highest BCUT2D eigenvalue weighted by Crippen LogP contribution is 2.26. The van der Waals surface area contributed by atoms with Gasteiger partial charge in [0.1, 0.15) is 5.82 Å². The van der Waals surface area contributed by atoms with Gasteiger partial charge in [0, 0.05) is 28.5 Å². The van der Waals surface area contributed by atoms with Crippen LogP contribution in [0, 0.1) is 5.82 Å². The van der Waals surface area contributed by atoms with Crippen LogP contribution in [0.3, 0.4) is 0 Å². The third kappa shape index (κ3) is 4.50. The molecule has 1 heterocycles. The van der Waals surface area contributed by atoms with E-state index in [1.54, 1.807) is 30.6 Å². The maximum absolute atomic E-state index is 14.3. The first-order valence-electron chi connectivity index (χ1n) is 6.88. The minimum absolute atomic E-state index is 0.125. The Kier molecular flexibility index (Phi) is 6.15. The Labute approximate surface area is 137 Å². The van der Waals surface area contributed by atoms with E-state index in [0.717, 1.165) is 23.0 Å². The zero-order valence-corrected chi connectivity index (χ0v) is 14.1. The summed E-state index contributed by atoms with van der Waals surface area (Å²) >= 11 is 9.31. The fraction of sp³-hybridized carbons (Fsp3) is 0.312. The SMILES string of the molecule is CCCNC(Cc1cncc(Br)c1)c1cccc(Cl)c1F. The van der Waals surface area contributed by atoms with Gasteiger partial charge < -0.3 is 5.32 Å². The highest BCUT2D eigenvalue weighted by atomic mass is 79.9. The van der Waals surface area contributed by atoms with Crippen molar-refractivity contribution in [3.05, 3.63) is 63.1 Å². The second kappa shape index (κ2) is 7.87. The van der Waals surface area contributed by atoms with Crippen LogP contribution in [0.25, 0.3) is 0 Å². The average molecular weight is 372 g/mol. The van der Waals surface area contributed by atoms with Crippen LogP contribution >= 0.6 is 27.5 Å². The van der Waals surface area contributed by atoms with Crippen LogP contribution in [-0.2, 0) is 6.42 Å². The molecule has 1 unspecified atom stereocenters. The first-order chi connectivity index (χ1) is 10.1. The summed E-state index contributed by atoms with van der Waals surface area (Å²) in [7, 11) is 0. The molecule has 112 valence electrons. The van der Waals surface area contributed by atoms with Crippen LogP contribution in [0.4, 0.5) is 4.39 Å². The van der Waals surface area contributed by atoms with Crippen LogP contribution in [0.15, 0.2) is 41.1 Å². The van der Waals surface area contributed by atoms with Crippen molar-refractivity contribution in [2.45, 2.75) is 25.8 Å². The summed E-state index contributed by atoms with van der Waals surface area (Å²) in [5.74, 6) is -0.351. The van der Waals surface area contributed by atoms with Crippen LogP contribution in [0.5, 0.6) is 0 Å². The molecule has 0 amide bonds. The average Bonchev–Trinajstić information content (AvgIpc) is 2.47. The van der Waals surface area contributed by atoms with Crippen molar-refractivity contribution in [2.24, 2.45) is 0 Å². The minimum Gasteiger partial charge on any atom is -0.310 e. The Bertz CT molecular complexity index is 607. The van der Waals surface area contributed by atoms with Gasteiger partial charge in [-0.15, -0.1) is 0 Å². The van der Waals surface area contributed by atoms with Gasteiger partial charge in [-0.05, 0) is 53.0 Å². The zero-order valence-electron chi connectivity index (χ0n) is 11.7. The third-order valence-electron chi connectivity index (χ3n) is 3.20. The molecule has 2 nitrogen and oxygen atoms in total. The molecule has 0 radical (unpaired) electrons. The van der Waals surface area contributed by atoms with E-state index in [1.165, 1.54) is 0 Å². The molecule has 21 heavy (non-hydrogen) atoms. The van der Waals surface area contributed by atoms with Crippen molar-refractivity contribution in [2.75, 3.05) is 6.54 Å². The summed E-state index contributed by atoms with van der Waals surface area (Å²) in [6.07, 6.45) is 5.17. The molecule has 1 aromatic carbocycles. The van der Waals surface area contributed by atoms with Gasteiger partial charge in [0.05, 0.1) is 5.02 Å². The predicted molar refractivity (Wildman–Crippen MR) is 88.1 cm³/mol. The predicted octanol–water partition coefficient (Wildman–Crippen LogP) is 4.92. The van der Waals surface area contributed by atoms with Crippen molar-refractivity contribution in [3.8, 4) is 0 Å². The fourth-order valence-electron chi connectivity index (χ4n) is 2.20. The summed E-state index contributed by atoms with van der Waals surface area (Å²) in [4.78, 5) is 4.16. The molecule has 0 saturated heterocycles. The van der Waals surface area contributed by atoms with E-state index in [-0.39, 0.29) is 16.9 Å². The molecule has 0 aliphatic rings. The molecule has 0 bridgehead atoms. The van der Waals surface area contributed by atoms with E-state index in [0.29, 0.717) is 12.0 Å². The smallest absolute Gasteiger partial charge is 0.146 e. The first-order valence-corrected chi connectivity index (χ1v) is 8.05. The molecule has 5 heteroatoms. The Morgan fingerprint density at radius 1 is 1.38 bits per heavy atom. The van der Waals surface area contributed by atoms with Gasteiger partial charge in [0.25, 0.3) is 0 Å². The summed E-state index contributed by atoms with van der Waals surface area (Å²) < 4.78 is 15.2. The van der Waals surface area contributed by atoms with Gasteiger partial charge in [0.2, 0.25) is 0 Å². The molecule has 0 aliphatic carbocycles. The molecule has 0 spiro atoms. The van der Waals surface area contributed by atoms with E-state index in [1.807, 2.05) is 6.07 Å². The molecular weight excluding hydrogens is 355 g/mol. The van der Waals surface area contributed by atoms with Gasteiger partial charge in [-0.25, -0.2) is 4.39 Å². The molecule has 1 N–H and O–H groups in total. The number of nitrogens with one attached hydrogen (secondary N) is 1. The minimum atomic E-state index is -0.351. The third-order valence-corrected chi connectivity index (χ3v) is 3.92. The topological polar surface area (TPSA) is 24.9 Å². The largest absolute Gasteiger partial charge is 0.310 e. The lowest BCUT2D eigenvalue weighted by atomic mass is 9.99. The van der Waals surface area contributed by atoms with E-state index in [2.05, 4.69) is 33.2 Å². The maximum Gasteiger partial charge on any atom is 0.146 e. The van der Waals surface area contributed by atoms with Gasteiger partial charge >= 0.3 is 0 Å². The van der Waals surface area contributed by atoms with Crippen LogP contribution in [-0.4, -0.2) is 11.5 Å². The molecule has 1 atom stereocenters. The monoisotopic (exact) mass is 370 g/mol. The Balaban J connectivity index is 2.27. The Hall–Kier alpha value is -0.970. The van der Waals surface area contributed by atoms with Crippen molar-refractivity contribution < 1.29 is 4.39 Å². The number of benzene rings is 1. The second-order valence-corrected chi connectivity index (χ2v) is 6.19. The number of aromatic nitrogens is 1. The fourth-order valence-corrected chi connectivity index (χ4v) is 2.80. The number of hydrogen-bond acceptors (Lipinski definition) is 2. The summed E-state index contributed by atoms with van der Waals surface area (Å²) in [5.41, 5.74) is 1.63. The van der Waals surface area contributed by atoms with Gasteiger partial charge in [0.15, 0.2) is 0 Å². The van der Waals surface area contributed by atoms with Crippen molar-refractivity contribution in [3.63, 3.8) is 0 Å². The van der Waals surface area contributed by atoms with Crippen molar-refractivity contribution in [1.29, 1.82) is 0 Å². The van der Waals surface area contributed by atoms with E-state index >= 15 is 0 Å². The van der Waals surface area contributed by atoms with Crippen molar-refractivity contribution >= 4 is 27.5 Å². The quantitative estimate of drug-likeness (QED) is 0.779. The van der Waals surface area contributed by atoms with E-state index < -0.39 is 0 Å². The number of rotatable bonds is 6. The summed E-state index contributed by atoms with van der Waals surface area (Å²) in [6.45, 7) is 2.90. The molecule has 0 aliphatic heterocycles.